The van der Waals surface area contributed by atoms with Gasteiger partial charge in [-0.25, -0.2) is 0 Å². The van der Waals surface area contributed by atoms with Crippen LogP contribution in [0.25, 0.3) is 0 Å². The molecule has 0 spiro atoms. The molecule has 0 aromatic heterocycles. The average molecular weight is 254 g/mol. The highest BCUT2D eigenvalue weighted by Gasteiger charge is 2.48. The van der Waals surface area contributed by atoms with E-state index in [1.165, 1.54) is 0 Å². The van der Waals surface area contributed by atoms with Crippen LogP contribution < -0.4 is 0 Å². The minimum Gasteiger partial charge on any atom is -0.456 e. The number of hydrogen-bond acceptors (Lipinski definition) is 3. The fourth-order valence-electron chi connectivity index (χ4n) is 2.92. The molecule has 0 N–H and O–H groups in total. The summed E-state index contributed by atoms with van der Waals surface area (Å²) in [4.78, 5) is 12.3. The van der Waals surface area contributed by atoms with E-state index < -0.39 is 0 Å². The fourth-order valence-corrected chi connectivity index (χ4v) is 2.92. The Bertz CT molecular complexity index is 297. The molecule has 0 aromatic rings. The van der Waals surface area contributed by atoms with Gasteiger partial charge in [-0.05, 0) is 58.8 Å². The van der Waals surface area contributed by atoms with Gasteiger partial charge >= 0.3 is 5.97 Å². The van der Waals surface area contributed by atoms with Crippen molar-refractivity contribution in [1.82, 2.24) is 0 Å². The molecule has 1 aliphatic carbocycles. The quantitative estimate of drug-likeness (QED) is 0.721. The third-order valence-electron chi connectivity index (χ3n) is 4.70. The van der Waals surface area contributed by atoms with Crippen LogP contribution in [0.3, 0.4) is 0 Å². The number of esters is 1. The molecule has 2 rings (SSSR count). The SMILES string of the molecule is CCC(C)(C)C(=O)OC1(C2CCCO2)CCCC1. The van der Waals surface area contributed by atoms with Crippen molar-refractivity contribution in [3.8, 4) is 0 Å². The molecule has 3 heteroatoms. The molecule has 1 unspecified atom stereocenters. The second kappa shape index (κ2) is 5.20. The van der Waals surface area contributed by atoms with Crippen molar-refractivity contribution < 1.29 is 14.3 Å². The van der Waals surface area contributed by atoms with Crippen molar-refractivity contribution in [3.63, 3.8) is 0 Å². The third kappa shape index (κ3) is 2.56. The number of carbonyl (C=O) groups excluding carboxylic acids is 1. The summed E-state index contributed by atoms with van der Waals surface area (Å²) in [7, 11) is 0. The van der Waals surface area contributed by atoms with E-state index in [0.717, 1.165) is 51.6 Å². The van der Waals surface area contributed by atoms with Gasteiger partial charge in [0, 0.05) is 6.61 Å². The topological polar surface area (TPSA) is 35.5 Å². The Morgan fingerprint density at radius 1 is 1.33 bits per heavy atom. The lowest BCUT2D eigenvalue weighted by molar-refractivity contribution is -0.184. The normalized spacial score (nSPS) is 27.4. The molecule has 1 aliphatic heterocycles. The Morgan fingerprint density at radius 3 is 2.50 bits per heavy atom. The summed E-state index contributed by atoms with van der Waals surface area (Å²) in [5.74, 6) is -0.0533. The molecule has 1 saturated heterocycles. The predicted octanol–water partition coefficient (Wildman–Crippen LogP) is 3.46. The highest BCUT2D eigenvalue weighted by Crippen LogP contribution is 2.42. The number of carbonyl (C=O) groups is 1. The van der Waals surface area contributed by atoms with Crippen LogP contribution in [-0.2, 0) is 14.3 Å². The zero-order chi connectivity index (χ0) is 13.2. The van der Waals surface area contributed by atoms with Crippen LogP contribution >= 0.6 is 0 Å². The Hall–Kier alpha value is -0.570. The maximum Gasteiger partial charge on any atom is 0.312 e. The van der Waals surface area contributed by atoms with E-state index in [9.17, 15) is 4.79 Å². The standard InChI is InChI=1S/C15H26O3/c1-4-14(2,3)13(16)18-15(9-5-6-10-15)12-8-7-11-17-12/h12H,4-11H2,1-3H3. The van der Waals surface area contributed by atoms with Gasteiger partial charge in [-0.15, -0.1) is 0 Å². The molecule has 0 radical (unpaired) electrons. The summed E-state index contributed by atoms with van der Waals surface area (Å²) >= 11 is 0. The predicted molar refractivity (Wildman–Crippen MR) is 70.3 cm³/mol. The number of ether oxygens (including phenoxy) is 2. The number of rotatable bonds is 4. The van der Waals surface area contributed by atoms with Crippen molar-refractivity contribution in [2.75, 3.05) is 6.61 Å². The lowest BCUT2D eigenvalue weighted by Gasteiger charge is -2.37. The maximum absolute atomic E-state index is 12.3. The average Bonchev–Trinajstić information content (AvgIpc) is 2.99. The number of hydrogen-bond donors (Lipinski definition) is 0. The van der Waals surface area contributed by atoms with E-state index in [-0.39, 0.29) is 23.1 Å². The van der Waals surface area contributed by atoms with Crippen LogP contribution in [0, 0.1) is 5.41 Å². The van der Waals surface area contributed by atoms with Crippen molar-refractivity contribution in [3.05, 3.63) is 0 Å². The zero-order valence-corrected chi connectivity index (χ0v) is 12.0. The summed E-state index contributed by atoms with van der Waals surface area (Å²) < 4.78 is 11.8. The lowest BCUT2D eigenvalue weighted by Crippen LogP contribution is -2.46. The monoisotopic (exact) mass is 254 g/mol. The first kappa shape index (κ1) is 13.9. The fraction of sp³-hybridized carbons (Fsp3) is 0.933. The first-order valence-electron chi connectivity index (χ1n) is 7.35. The molecule has 1 heterocycles. The molecule has 2 aliphatic rings. The lowest BCUT2D eigenvalue weighted by atomic mass is 9.88. The molecule has 104 valence electrons. The van der Waals surface area contributed by atoms with E-state index in [4.69, 9.17) is 9.47 Å². The Labute approximate surface area is 110 Å². The summed E-state index contributed by atoms with van der Waals surface area (Å²) in [6, 6.07) is 0. The Kier molecular flexibility index (Phi) is 4.00. The van der Waals surface area contributed by atoms with Crippen LogP contribution in [-0.4, -0.2) is 24.3 Å². The third-order valence-corrected chi connectivity index (χ3v) is 4.70. The minimum absolute atomic E-state index is 0.0533. The maximum atomic E-state index is 12.3. The highest BCUT2D eigenvalue weighted by atomic mass is 16.6. The summed E-state index contributed by atoms with van der Waals surface area (Å²) in [5.41, 5.74) is -0.700. The van der Waals surface area contributed by atoms with Crippen LogP contribution in [0.2, 0.25) is 0 Å². The van der Waals surface area contributed by atoms with E-state index in [1.807, 2.05) is 20.8 Å². The van der Waals surface area contributed by atoms with Crippen molar-refractivity contribution >= 4 is 5.97 Å². The van der Waals surface area contributed by atoms with E-state index >= 15 is 0 Å². The summed E-state index contributed by atoms with van der Waals surface area (Å²) in [6.07, 6.45) is 7.34. The molecule has 3 nitrogen and oxygen atoms in total. The van der Waals surface area contributed by atoms with Gasteiger partial charge in [0.1, 0.15) is 5.60 Å². The highest BCUT2D eigenvalue weighted by molar-refractivity contribution is 5.76. The van der Waals surface area contributed by atoms with Crippen molar-refractivity contribution in [1.29, 1.82) is 0 Å². The first-order valence-corrected chi connectivity index (χ1v) is 7.35. The Morgan fingerprint density at radius 2 is 2.00 bits per heavy atom. The second-order valence-corrected chi connectivity index (χ2v) is 6.40. The Balaban J connectivity index is 2.09. The van der Waals surface area contributed by atoms with Crippen molar-refractivity contribution in [2.45, 2.75) is 77.4 Å². The molecule has 1 atom stereocenters. The van der Waals surface area contributed by atoms with Gasteiger partial charge in [-0.1, -0.05) is 6.92 Å². The van der Waals surface area contributed by atoms with Gasteiger partial charge in [0.2, 0.25) is 0 Å². The molecule has 1 saturated carbocycles. The summed E-state index contributed by atoms with van der Waals surface area (Å²) in [5, 5.41) is 0. The van der Waals surface area contributed by atoms with Gasteiger partial charge in [0.25, 0.3) is 0 Å². The molecule has 0 bridgehead atoms. The molecular weight excluding hydrogens is 228 g/mol. The van der Waals surface area contributed by atoms with Gasteiger partial charge in [0.15, 0.2) is 0 Å². The van der Waals surface area contributed by atoms with Gasteiger partial charge in [-0.3, -0.25) is 4.79 Å². The van der Waals surface area contributed by atoms with Crippen LogP contribution in [0.5, 0.6) is 0 Å². The van der Waals surface area contributed by atoms with Crippen LogP contribution in [0.15, 0.2) is 0 Å². The van der Waals surface area contributed by atoms with Gasteiger partial charge in [-0.2, -0.15) is 0 Å². The van der Waals surface area contributed by atoms with Gasteiger partial charge in [0.05, 0.1) is 11.5 Å². The van der Waals surface area contributed by atoms with E-state index in [0.29, 0.717) is 0 Å². The summed E-state index contributed by atoms with van der Waals surface area (Å²) in [6.45, 7) is 6.79. The molecule has 2 fully saturated rings. The zero-order valence-electron chi connectivity index (χ0n) is 12.0. The van der Waals surface area contributed by atoms with E-state index in [2.05, 4.69) is 0 Å². The largest absolute Gasteiger partial charge is 0.456 e. The smallest absolute Gasteiger partial charge is 0.312 e. The van der Waals surface area contributed by atoms with Crippen LogP contribution in [0.1, 0.15) is 65.7 Å². The first-order chi connectivity index (χ1) is 8.50. The minimum atomic E-state index is -0.381. The molecule has 0 aromatic carbocycles. The van der Waals surface area contributed by atoms with Crippen LogP contribution in [0.4, 0.5) is 0 Å². The van der Waals surface area contributed by atoms with E-state index in [1.54, 1.807) is 0 Å². The van der Waals surface area contributed by atoms with Crippen molar-refractivity contribution in [2.24, 2.45) is 5.41 Å². The van der Waals surface area contributed by atoms with Gasteiger partial charge < -0.3 is 9.47 Å². The molecular formula is C15H26O3. The second-order valence-electron chi connectivity index (χ2n) is 6.40. The molecule has 0 amide bonds. The molecule has 18 heavy (non-hydrogen) atoms.